The molecule has 14 atom stereocenters. The Morgan fingerprint density at radius 1 is 0.673 bits per heavy atom. The molecule has 15 rings (SSSR count). The van der Waals surface area contributed by atoms with Gasteiger partial charge < -0.3 is 107 Å². The molecule has 6 heterocycles. The summed E-state index contributed by atoms with van der Waals surface area (Å²) >= 11 is 14.3. The lowest BCUT2D eigenvalue weighted by atomic mass is 9.51. The zero-order chi connectivity index (χ0) is 81.0. The van der Waals surface area contributed by atoms with E-state index in [2.05, 4.69) is 31.9 Å². The lowest BCUT2D eigenvalue weighted by Gasteiger charge is -2.54. The maximum absolute atomic E-state index is 16.4. The largest absolute Gasteiger partial charge is 0.507 e. The number of halogens is 2. The Balaban J connectivity index is 1.04. The second-order valence-corrected chi connectivity index (χ2v) is 32.5. The van der Waals surface area contributed by atoms with Gasteiger partial charge >= 0.3 is 0 Å². The van der Waals surface area contributed by atoms with Crippen molar-refractivity contribution in [2.45, 2.75) is 190 Å². The Labute approximate surface area is 663 Å². The average Bonchev–Trinajstić information content (AvgIpc) is 0.753. The number of aromatic hydroxyl groups is 3. The number of phenolic OH excluding ortho intramolecular Hbond substituents is 3. The summed E-state index contributed by atoms with van der Waals surface area (Å²) in [6.07, 6.45) is -8.56. The number of aliphatic hydroxyl groups excluding tert-OH is 6. The molecule has 5 fully saturated rings. The highest BCUT2D eigenvalue weighted by Gasteiger charge is 2.51. The van der Waals surface area contributed by atoms with Gasteiger partial charge in [0.15, 0.2) is 28.8 Å². The molecule has 113 heavy (non-hydrogen) atoms. The molecule has 5 aromatic rings. The van der Waals surface area contributed by atoms with Crippen LogP contribution in [0, 0.1) is 47.3 Å². The molecular formula is C82H101Cl2N7O22. The Morgan fingerprint density at radius 3 is 1.95 bits per heavy atom. The molecule has 31 heteroatoms. The highest BCUT2D eigenvalue weighted by atomic mass is 35.5. The number of primary amides is 1. The van der Waals surface area contributed by atoms with Crippen molar-refractivity contribution in [2.24, 2.45) is 53.1 Å². The molecule has 1 saturated heterocycles. The monoisotopic (exact) mass is 1610 g/mol. The number of Topliss-reactive ketones (excluding diaryl/α,β-unsaturated/α-hetero) is 3. The lowest BCUT2D eigenvalue weighted by Crippen LogP contribution is -2.60. The zero-order valence-corrected chi connectivity index (χ0v) is 64.8. The first-order valence-corrected chi connectivity index (χ1v) is 39.7. The maximum atomic E-state index is 16.4. The van der Waals surface area contributed by atoms with Crippen molar-refractivity contribution in [2.75, 3.05) is 40.0 Å². The minimum Gasteiger partial charge on any atom is -0.507 e. The van der Waals surface area contributed by atoms with E-state index in [1.165, 1.54) is 54.6 Å². The van der Waals surface area contributed by atoms with E-state index >= 15 is 28.8 Å². The van der Waals surface area contributed by atoms with Crippen LogP contribution in [-0.4, -0.2) is 176 Å². The summed E-state index contributed by atoms with van der Waals surface area (Å²) in [5.74, 6) is -15.2. The van der Waals surface area contributed by atoms with Crippen LogP contribution in [0.1, 0.15) is 174 Å². The summed E-state index contributed by atoms with van der Waals surface area (Å²) in [6, 6.07) is 6.65. The number of benzene rings is 5. The van der Waals surface area contributed by atoms with E-state index in [0.29, 0.717) is 31.3 Å². The minimum absolute atomic E-state index is 0.000286. The van der Waals surface area contributed by atoms with Gasteiger partial charge in [-0.05, 0) is 196 Å². The van der Waals surface area contributed by atoms with Gasteiger partial charge in [-0.3, -0.25) is 38.4 Å². The van der Waals surface area contributed by atoms with Crippen molar-refractivity contribution in [1.82, 2.24) is 31.9 Å². The number of fused-ring (bicyclic) bond motifs is 15. The van der Waals surface area contributed by atoms with Crippen molar-refractivity contribution in [3.63, 3.8) is 0 Å². The smallest absolute Gasteiger partial charge is 0.246 e. The molecule has 0 aromatic heterocycles. The van der Waals surface area contributed by atoms with Crippen LogP contribution in [-0.2, 0) is 54.4 Å². The average molecular weight is 1610 g/mol. The van der Waals surface area contributed by atoms with Gasteiger partial charge in [0.05, 0.1) is 40.7 Å². The van der Waals surface area contributed by atoms with Gasteiger partial charge in [0.2, 0.25) is 41.6 Å². The third kappa shape index (κ3) is 18.7. The van der Waals surface area contributed by atoms with Crippen molar-refractivity contribution < 1.29 is 108 Å². The number of phenols is 3. The predicted molar refractivity (Wildman–Crippen MR) is 409 cm³/mol. The third-order valence-electron chi connectivity index (χ3n) is 23.4. The first-order valence-electron chi connectivity index (χ1n) is 38.9. The van der Waals surface area contributed by atoms with Gasteiger partial charge in [0.1, 0.15) is 89.5 Å². The predicted octanol–water partition coefficient (Wildman–Crippen LogP) is 6.73. The van der Waals surface area contributed by atoms with Crippen molar-refractivity contribution in [1.29, 1.82) is 0 Å². The SMILES string of the molecule is CC[C@H](CC(C)C)C(=O)N[C@H]1C(=O)C[C@@H](CC(N)=O)C(=O)N[C@H]2C(=O)C[C@H]3C(=O)N[C@H](C(=O)N[C@H](C(=O)CC4C5CC6CC(C5)CC4C6)c4cc(O)c(CNCCOCCCCCNC)c(O)c4-c4cc3ccc4O)[C@H](O)c3ccc(c(Cl)c3)Oc3cc2cc(c3O[C@@H]2O[C@H](CO)[C@@H](O)[C@H](O)[C@H]2O)Oc2ccc(cc2Cl)[C@H]1O. The van der Waals surface area contributed by atoms with Crippen LogP contribution in [0.25, 0.3) is 11.1 Å². The fraction of sp³-hybridized carbons (Fsp3) is 0.537. The Morgan fingerprint density at radius 2 is 1.33 bits per heavy atom. The zero-order valence-electron chi connectivity index (χ0n) is 63.3. The quantitative estimate of drug-likeness (QED) is 0.0285. The van der Waals surface area contributed by atoms with E-state index in [-0.39, 0.29) is 116 Å². The van der Waals surface area contributed by atoms with Crippen LogP contribution in [0.4, 0.5) is 0 Å². The van der Waals surface area contributed by atoms with E-state index in [9.17, 15) is 55.5 Å². The van der Waals surface area contributed by atoms with Gasteiger partial charge in [-0.1, -0.05) is 62.2 Å². The number of amides is 5. The van der Waals surface area contributed by atoms with Gasteiger partial charge in [0.25, 0.3) is 0 Å². The molecule has 10 aliphatic rings. The molecule has 0 unspecified atom stereocenters. The number of ketones is 3. The highest BCUT2D eigenvalue weighted by molar-refractivity contribution is 6.32. The first kappa shape index (κ1) is 83.9. The number of hydrogen-bond acceptors (Lipinski definition) is 24. The molecule has 29 nitrogen and oxygen atoms in total. The number of nitrogens with one attached hydrogen (secondary N) is 6. The van der Waals surface area contributed by atoms with Crippen LogP contribution in [0.3, 0.4) is 0 Å². The minimum atomic E-state index is -2.15. The highest BCUT2D eigenvalue weighted by Crippen LogP contribution is 2.58. The fourth-order valence-electron chi connectivity index (χ4n) is 17.6. The summed E-state index contributed by atoms with van der Waals surface area (Å²) in [5, 5.41) is 123. The number of ether oxygens (including phenoxy) is 5. The number of unbranched alkanes of at least 4 members (excludes halogenated alkanes) is 2. The summed E-state index contributed by atoms with van der Waals surface area (Å²) < 4.78 is 31.4. The topological polar surface area (TPSA) is 463 Å². The third-order valence-corrected chi connectivity index (χ3v) is 24.0. The molecule has 4 aliphatic carbocycles. The summed E-state index contributed by atoms with van der Waals surface area (Å²) in [7, 11) is 1.88. The molecule has 15 bridgehead atoms. The maximum Gasteiger partial charge on any atom is 0.246 e. The molecule has 0 radical (unpaired) electrons. The summed E-state index contributed by atoms with van der Waals surface area (Å²) in [6.45, 7) is 6.21. The van der Waals surface area contributed by atoms with E-state index < -0.39 is 192 Å². The number of carbonyl (C=O) groups is 8. The summed E-state index contributed by atoms with van der Waals surface area (Å²) in [5.41, 5.74) is 4.32. The van der Waals surface area contributed by atoms with Gasteiger partial charge in [-0.15, -0.1) is 0 Å². The molecule has 0 spiro atoms. The first-order chi connectivity index (χ1) is 54.0. The molecule has 17 N–H and O–H groups in total. The standard InChI is InChI=1S/C82H101Cl2N7O22/c1-5-40(19-37(2)3)78(105)90-69-57(95)28-47(31-65(85)98)79(106)88-67-46-29-62(110-60-13-10-42(71(69)99)26-53(60)83)77(113-82-76(104)75(103)74(102)64(36-92)112-82)63(30-46)111-61-14-11-43(27-54(61)84)72(100)70-81(108)89-68(59(97)32-48-44-21-38-20-39(23-44)24-45(48)22-38)51-34-56(94)52(35-87-16-18-109-17-8-6-7-15-86-4)73(101)66(51)50-25-41(9-12-55(50)93)49(33-58(67)96)80(107)91-70/h9-14,25-27,29-30,34,37-40,44-45,47-49,64,67-72,74-76,82,86-87,92-94,99-104H,5-8,15-24,28,31-33,35-36H2,1-4H3,(H2,85,98)(H,88,106)(H,89,108)(H,90,105)(H,91,107)/t38?,39?,40-,44?,45?,47+,48?,49-,64-,67-,68+,69+,70+,71-,72-,74-,75+,76-,82+/m1/s1. The molecule has 5 aromatic carbocycles. The van der Waals surface area contributed by atoms with Crippen molar-refractivity contribution >= 4 is 70.1 Å². The summed E-state index contributed by atoms with van der Waals surface area (Å²) in [4.78, 5) is 122. The second-order valence-electron chi connectivity index (χ2n) is 31.7. The number of carbonyl (C=O) groups excluding carboxylic acids is 8. The Bertz CT molecular complexity index is 4360. The van der Waals surface area contributed by atoms with Crippen LogP contribution in [0.5, 0.6) is 46.0 Å². The van der Waals surface area contributed by atoms with Crippen molar-refractivity contribution in [3.05, 3.63) is 116 Å². The van der Waals surface area contributed by atoms with E-state index in [1.54, 1.807) is 6.92 Å². The number of hydrogen-bond donors (Lipinski definition) is 16. The number of nitrogens with two attached hydrogens (primary N) is 1. The van der Waals surface area contributed by atoms with Gasteiger partial charge in [-0.25, -0.2) is 0 Å². The second kappa shape index (κ2) is 36.5. The fourth-order valence-corrected chi connectivity index (χ4v) is 18.1. The normalized spacial score (nSPS) is 28.5. The Kier molecular flexibility index (Phi) is 27.1. The van der Waals surface area contributed by atoms with Gasteiger partial charge in [0, 0.05) is 62.4 Å². The van der Waals surface area contributed by atoms with E-state index in [4.69, 9.17) is 52.6 Å². The van der Waals surface area contributed by atoms with Crippen LogP contribution in [0.2, 0.25) is 10.0 Å². The molecule has 4 saturated carbocycles. The van der Waals surface area contributed by atoms with E-state index in [1.807, 2.05) is 20.9 Å². The van der Waals surface area contributed by atoms with Gasteiger partial charge in [-0.2, -0.15) is 0 Å². The number of rotatable bonds is 24. The van der Waals surface area contributed by atoms with Crippen LogP contribution >= 0.6 is 23.2 Å². The van der Waals surface area contributed by atoms with E-state index in [0.717, 1.165) is 76.1 Å². The van der Waals surface area contributed by atoms with Crippen LogP contribution in [0.15, 0.2) is 72.8 Å². The molecule has 610 valence electrons. The van der Waals surface area contributed by atoms with Crippen LogP contribution < -0.4 is 51.8 Å². The molecule has 5 amide bonds. The number of aliphatic hydroxyl groups is 6. The lowest BCUT2D eigenvalue weighted by molar-refractivity contribution is -0.277. The van der Waals surface area contributed by atoms with Crippen molar-refractivity contribution in [3.8, 4) is 57.1 Å². The Hall–Kier alpha value is -8.56. The molecule has 6 aliphatic heterocycles. The molecular weight excluding hydrogens is 1510 g/mol.